The molecule has 0 aliphatic heterocycles. The number of ether oxygens (including phenoxy) is 2. The van der Waals surface area contributed by atoms with Crippen molar-refractivity contribution in [1.82, 2.24) is 0 Å². The molecule has 1 aromatic rings. The normalized spacial score (nSPS) is 12.1. The third kappa shape index (κ3) is 5.75. The van der Waals surface area contributed by atoms with Gasteiger partial charge in [-0.1, -0.05) is 39.8 Å². The summed E-state index contributed by atoms with van der Waals surface area (Å²) in [6, 6.07) is 6.65. The van der Waals surface area contributed by atoms with E-state index in [0.29, 0.717) is 17.7 Å². The van der Waals surface area contributed by atoms with Crippen LogP contribution in [0.15, 0.2) is 24.3 Å². The zero-order chi connectivity index (χ0) is 18.4. The maximum atomic E-state index is 12.4. The molecular weight excluding hydrogens is 304 g/mol. The fraction of sp³-hybridized carbons (Fsp3) is 0.600. The van der Waals surface area contributed by atoms with E-state index in [4.69, 9.17) is 9.47 Å². The molecule has 0 unspecified atom stereocenters. The minimum Gasteiger partial charge on any atom is -0.460 e. The molecule has 0 fully saturated rings. The average Bonchev–Trinajstić information content (AvgIpc) is 2.58. The highest BCUT2D eigenvalue weighted by Gasteiger charge is 2.26. The summed E-state index contributed by atoms with van der Waals surface area (Å²) in [6.45, 7) is 12.5. The van der Waals surface area contributed by atoms with Crippen molar-refractivity contribution in [2.24, 2.45) is 5.41 Å². The summed E-state index contributed by atoms with van der Waals surface area (Å²) in [7, 11) is 0. The van der Waals surface area contributed by atoms with Gasteiger partial charge in [0.05, 0.1) is 17.8 Å². The fourth-order valence-electron chi connectivity index (χ4n) is 1.95. The predicted octanol–water partition coefficient (Wildman–Crippen LogP) is 4.67. The van der Waals surface area contributed by atoms with E-state index in [1.807, 2.05) is 34.6 Å². The summed E-state index contributed by atoms with van der Waals surface area (Å²) in [6.07, 6.45) is 1.66. The summed E-state index contributed by atoms with van der Waals surface area (Å²) < 4.78 is 10.9. The number of benzene rings is 1. The first kappa shape index (κ1) is 20.4. The van der Waals surface area contributed by atoms with Crippen LogP contribution < -0.4 is 0 Å². The molecule has 0 amide bonds. The van der Waals surface area contributed by atoms with E-state index in [0.717, 1.165) is 12.8 Å². The zero-order valence-corrected chi connectivity index (χ0v) is 15.8. The molecule has 0 radical (unpaired) electrons. The first-order valence-corrected chi connectivity index (χ1v) is 8.59. The Bertz CT molecular complexity index is 556. The molecule has 0 N–H and O–H groups in total. The molecule has 1 rings (SSSR count). The van der Waals surface area contributed by atoms with E-state index in [1.54, 1.807) is 24.3 Å². The standard InChI is InChI=1S/C20H30O4/c1-7-19(3,4)17(21)15-9-11-16(12-10-15)18(22)23-13-14-24-20(5,6)8-2/h9-12H,7-8,13-14H2,1-6H3. The molecule has 1 aromatic carbocycles. The number of ketones is 1. The highest BCUT2D eigenvalue weighted by atomic mass is 16.6. The molecule has 0 aromatic heterocycles. The van der Waals surface area contributed by atoms with E-state index in [9.17, 15) is 9.59 Å². The number of carbonyl (C=O) groups is 2. The van der Waals surface area contributed by atoms with Crippen molar-refractivity contribution in [3.8, 4) is 0 Å². The van der Waals surface area contributed by atoms with Gasteiger partial charge in [0.1, 0.15) is 6.61 Å². The van der Waals surface area contributed by atoms with Gasteiger partial charge in [-0.05, 0) is 38.8 Å². The lowest BCUT2D eigenvalue weighted by molar-refractivity contribution is -0.0409. The third-order valence-corrected chi connectivity index (χ3v) is 4.54. The third-order valence-electron chi connectivity index (χ3n) is 4.54. The monoisotopic (exact) mass is 334 g/mol. The van der Waals surface area contributed by atoms with Gasteiger partial charge in [-0.2, -0.15) is 0 Å². The van der Waals surface area contributed by atoms with Crippen LogP contribution in [0.25, 0.3) is 0 Å². The second-order valence-corrected chi connectivity index (χ2v) is 7.24. The Morgan fingerprint density at radius 3 is 1.92 bits per heavy atom. The molecule has 0 saturated heterocycles. The number of esters is 1. The molecule has 0 saturated carbocycles. The van der Waals surface area contributed by atoms with Crippen LogP contribution in [0, 0.1) is 5.41 Å². The fourth-order valence-corrected chi connectivity index (χ4v) is 1.95. The maximum Gasteiger partial charge on any atom is 0.338 e. The van der Waals surface area contributed by atoms with Gasteiger partial charge in [0.25, 0.3) is 0 Å². The number of Topliss-reactive ketones (excluding diaryl/α,β-unsaturated/α-hetero) is 1. The van der Waals surface area contributed by atoms with Gasteiger partial charge < -0.3 is 9.47 Å². The van der Waals surface area contributed by atoms with Crippen LogP contribution in [0.2, 0.25) is 0 Å². The minimum absolute atomic E-state index is 0.0834. The number of carbonyl (C=O) groups excluding carboxylic acids is 2. The SMILES string of the molecule is CCC(C)(C)OCCOC(=O)c1ccc(C(=O)C(C)(C)CC)cc1. The molecule has 0 aliphatic carbocycles. The number of hydrogen-bond donors (Lipinski definition) is 0. The van der Waals surface area contributed by atoms with Crippen LogP contribution in [-0.4, -0.2) is 30.6 Å². The zero-order valence-electron chi connectivity index (χ0n) is 15.8. The quantitative estimate of drug-likeness (QED) is 0.374. The molecule has 0 aliphatic rings. The van der Waals surface area contributed by atoms with Gasteiger partial charge in [0.2, 0.25) is 0 Å². The van der Waals surface area contributed by atoms with Crippen molar-refractivity contribution in [2.45, 2.75) is 60.0 Å². The Morgan fingerprint density at radius 2 is 1.42 bits per heavy atom. The second kappa shape index (κ2) is 8.43. The largest absolute Gasteiger partial charge is 0.460 e. The lowest BCUT2D eigenvalue weighted by atomic mass is 9.82. The van der Waals surface area contributed by atoms with E-state index in [2.05, 4.69) is 6.92 Å². The minimum atomic E-state index is -0.401. The smallest absolute Gasteiger partial charge is 0.338 e. The highest BCUT2D eigenvalue weighted by Crippen LogP contribution is 2.25. The Balaban J connectivity index is 2.57. The molecule has 4 nitrogen and oxygen atoms in total. The lowest BCUT2D eigenvalue weighted by Gasteiger charge is -2.23. The van der Waals surface area contributed by atoms with Crippen molar-refractivity contribution in [3.05, 3.63) is 35.4 Å². The molecule has 134 valence electrons. The van der Waals surface area contributed by atoms with Crippen molar-refractivity contribution in [2.75, 3.05) is 13.2 Å². The van der Waals surface area contributed by atoms with Gasteiger partial charge in [-0.15, -0.1) is 0 Å². The topological polar surface area (TPSA) is 52.6 Å². The summed E-state index contributed by atoms with van der Waals surface area (Å²) >= 11 is 0. The van der Waals surface area contributed by atoms with Crippen LogP contribution in [-0.2, 0) is 9.47 Å². The molecule has 0 atom stereocenters. The Hall–Kier alpha value is -1.68. The maximum absolute atomic E-state index is 12.4. The van der Waals surface area contributed by atoms with Gasteiger partial charge >= 0.3 is 5.97 Å². The van der Waals surface area contributed by atoms with Gasteiger partial charge in [0, 0.05) is 11.0 Å². The van der Waals surface area contributed by atoms with Gasteiger partial charge in [-0.25, -0.2) is 4.79 Å². The van der Waals surface area contributed by atoms with Crippen molar-refractivity contribution in [3.63, 3.8) is 0 Å². The van der Waals surface area contributed by atoms with Crippen molar-refractivity contribution >= 4 is 11.8 Å². The molecular formula is C20H30O4. The Morgan fingerprint density at radius 1 is 0.875 bits per heavy atom. The van der Waals surface area contributed by atoms with Crippen molar-refractivity contribution in [1.29, 1.82) is 0 Å². The van der Waals surface area contributed by atoms with E-state index in [-0.39, 0.29) is 18.0 Å². The lowest BCUT2D eigenvalue weighted by Crippen LogP contribution is -2.25. The highest BCUT2D eigenvalue weighted by molar-refractivity contribution is 6.00. The van der Waals surface area contributed by atoms with E-state index in [1.165, 1.54) is 0 Å². The predicted molar refractivity (Wildman–Crippen MR) is 95.4 cm³/mol. The van der Waals surface area contributed by atoms with E-state index < -0.39 is 11.4 Å². The molecule has 0 spiro atoms. The number of rotatable bonds is 9. The summed E-state index contributed by atoms with van der Waals surface area (Å²) in [5.74, 6) is -0.318. The first-order valence-electron chi connectivity index (χ1n) is 8.59. The first-order chi connectivity index (χ1) is 11.1. The number of hydrogen-bond acceptors (Lipinski definition) is 4. The molecule has 0 heterocycles. The average molecular weight is 334 g/mol. The Kier molecular flexibility index (Phi) is 7.15. The summed E-state index contributed by atoms with van der Waals surface area (Å²) in [5, 5.41) is 0. The van der Waals surface area contributed by atoms with Crippen LogP contribution in [0.3, 0.4) is 0 Å². The van der Waals surface area contributed by atoms with Crippen LogP contribution in [0.1, 0.15) is 75.1 Å². The summed E-state index contributed by atoms with van der Waals surface area (Å²) in [4.78, 5) is 24.4. The van der Waals surface area contributed by atoms with Crippen LogP contribution in [0.5, 0.6) is 0 Å². The van der Waals surface area contributed by atoms with E-state index >= 15 is 0 Å². The van der Waals surface area contributed by atoms with Crippen LogP contribution in [0.4, 0.5) is 0 Å². The van der Waals surface area contributed by atoms with Gasteiger partial charge in [-0.3, -0.25) is 4.79 Å². The summed E-state index contributed by atoms with van der Waals surface area (Å²) in [5.41, 5.74) is 0.452. The molecule has 0 bridgehead atoms. The van der Waals surface area contributed by atoms with Crippen LogP contribution >= 0.6 is 0 Å². The van der Waals surface area contributed by atoms with Crippen molar-refractivity contribution < 1.29 is 19.1 Å². The molecule has 24 heavy (non-hydrogen) atoms. The second-order valence-electron chi connectivity index (χ2n) is 7.24. The van der Waals surface area contributed by atoms with Gasteiger partial charge in [0.15, 0.2) is 5.78 Å². The molecule has 4 heteroatoms. The Labute approximate surface area is 145 Å².